The van der Waals surface area contributed by atoms with E-state index in [1.807, 2.05) is 12.1 Å². The predicted molar refractivity (Wildman–Crippen MR) is 180 cm³/mol. The van der Waals surface area contributed by atoms with Crippen LogP contribution in [0.25, 0.3) is 0 Å². The number of rotatable bonds is 5. The molecule has 0 N–H and O–H groups in total. The summed E-state index contributed by atoms with van der Waals surface area (Å²) in [5.41, 5.74) is 5.29. The van der Waals surface area contributed by atoms with Crippen LogP contribution in [0.1, 0.15) is 123 Å². The largest absolute Gasteiger partial charge is 0.438 e. The lowest BCUT2D eigenvalue weighted by atomic mass is 9.55. The first-order chi connectivity index (χ1) is 23.3. The SMILES string of the molecule is C[C@]12CC[C@@H]3c4ccc(Oc5ncnc(Oc6ccc7c(c6)CC[C@@H]6[C@@H]7CC[C@]7(C)C(=O)CC[C@@H]67)c5C=O)cc4CC[C@H]3[C@@H]1CCC2=O. The first-order valence-electron chi connectivity index (χ1n) is 18.2. The summed E-state index contributed by atoms with van der Waals surface area (Å²) in [7, 11) is 0. The zero-order valence-electron chi connectivity index (χ0n) is 28.0. The van der Waals surface area contributed by atoms with Gasteiger partial charge in [0.15, 0.2) is 6.29 Å². The maximum absolute atomic E-state index is 12.7. The summed E-state index contributed by atoms with van der Waals surface area (Å²) in [6.45, 7) is 4.43. The van der Waals surface area contributed by atoms with Gasteiger partial charge in [-0.05, 0) is 146 Å². The molecule has 0 aliphatic heterocycles. The number of hydrogen-bond acceptors (Lipinski definition) is 7. The molecule has 1 aromatic heterocycles. The average Bonchev–Trinajstić information content (AvgIpc) is 3.58. The highest BCUT2D eigenvalue weighted by Crippen LogP contribution is 2.61. The molecule has 0 unspecified atom stereocenters. The summed E-state index contributed by atoms with van der Waals surface area (Å²) in [5.74, 6) is 5.71. The van der Waals surface area contributed by atoms with E-state index in [1.54, 1.807) is 0 Å². The summed E-state index contributed by atoms with van der Waals surface area (Å²) in [5, 5.41) is 0. The number of aromatic nitrogens is 2. The van der Waals surface area contributed by atoms with Crippen molar-refractivity contribution in [2.24, 2.45) is 34.5 Å². The second-order valence-corrected chi connectivity index (χ2v) is 16.1. The fraction of sp³-hybridized carbons (Fsp3) is 0.537. The Morgan fingerprint density at radius 2 is 1.15 bits per heavy atom. The predicted octanol–water partition coefficient (Wildman–Crippen LogP) is 8.72. The van der Waals surface area contributed by atoms with E-state index in [0.29, 0.717) is 64.9 Å². The Morgan fingerprint density at radius 1 is 0.667 bits per heavy atom. The van der Waals surface area contributed by atoms with Crippen LogP contribution in [0, 0.1) is 34.5 Å². The van der Waals surface area contributed by atoms with Crippen LogP contribution in [0.3, 0.4) is 0 Å². The molecule has 48 heavy (non-hydrogen) atoms. The minimum Gasteiger partial charge on any atom is -0.438 e. The average molecular weight is 645 g/mol. The number of ether oxygens (including phenoxy) is 2. The second-order valence-electron chi connectivity index (χ2n) is 16.1. The van der Waals surface area contributed by atoms with E-state index < -0.39 is 0 Å². The van der Waals surface area contributed by atoms with Crippen LogP contribution < -0.4 is 9.47 Å². The third-order valence-corrected chi connectivity index (χ3v) is 14.2. The maximum Gasteiger partial charge on any atom is 0.236 e. The van der Waals surface area contributed by atoms with Crippen molar-refractivity contribution in [1.29, 1.82) is 0 Å². The van der Waals surface area contributed by atoms with Gasteiger partial charge in [-0.25, -0.2) is 9.97 Å². The lowest BCUT2D eigenvalue weighted by Crippen LogP contribution is -2.42. The van der Waals surface area contributed by atoms with Crippen molar-refractivity contribution in [2.45, 2.75) is 103 Å². The lowest BCUT2D eigenvalue weighted by molar-refractivity contribution is -0.130. The standard InChI is InChI=1S/C41H44N2O5/c1-40-17-15-29-27-9-5-25(19-23(27)3-7-31(29)34(40)11-13-36(40)45)47-38-33(21-44)39(43-22-42-38)48-26-6-10-28-24(20-26)4-8-32-30(28)16-18-41(2)35(32)12-14-37(41)46/h5-6,9-10,19-22,29-32,34-35H,3-4,7-8,11-18H2,1-2H3/t29-,30-,31-,32-,34+,35+,40+,41+/m1/s1. The quantitative estimate of drug-likeness (QED) is 0.256. The number of benzene rings is 2. The molecule has 6 aliphatic carbocycles. The van der Waals surface area contributed by atoms with Gasteiger partial charge in [-0.1, -0.05) is 26.0 Å². The molecule has 0 saturated heterocycles. The van der Waals surface area contributed by atoms with Crippen molar-refractivity contribution < 1.29 is 23.9 Å². The van der Waals surface area contributed by atoms with Gasteiger partial charge in [-0.15, -0.1) is 0 Å². The number of aldehydes is 1. The Bertz CT molecular complexity index is 1730. The molecule has 7 nitrogen and oxygen atoms in total. The Hall–Kier alpha value is -3.87. The highest BCUT2D eigenvalue weighted by atomic mass is 16.5. The van der Waals surface area contributed by atoms with E-state index in [0.717, 1.165) is 77.0 Å². The van der Waals surface area contributed by atoms with Crippen LogP contribution in [0.4, 0.5) is 0 Å². The summed E-state index contributed by atoms with van der Waals surface area (Å²) < 4.78 is 12.5. The summed E-state index contributed by atoms with van der Waals surface area (Å²) in [6.07, 6.45) is 13.9. The molecule has 0 amide bonds. The van der Waals surface area contributed by atoms with Gasteiger partial charge in [-0.2, -0.15) is 0 Å². The van der Waals surface area contributed by atoms with Gasteiger partial charge in [0.2, 0.25) is 11.8 Å². The van der Waals surface area contributed by atoms with Crippen molar-refractivity contribution in [2.75, 3.05) is 0 Å². The third kappa shape index (κ3) is 4.48. The van der Waals surface area contributed by atoms with E-state index in [1.165, 1.54) is 28.6 Å². The number of Topliss-reactive ketones (excluding diaryl/α,β-unsaturated/α-hetero) is 2. The maximum atomic E-state index is 12.7. The molecule has 4 saturated carbocycles. The molecule has 0 bridgehead atoms. The van der Waals surface area contributed by atoms with Crippen LogP contribution in [0.2, 0.25) is 0 Å². The summed E-state index contributed by atoms with van der Waals surface area (Å²) in [4.78, 5) is 46.5. The van der Waals surface area contributed by atoms with Crippen LogP contribution >= 0.6 is 0 Å². The molecule has 3 aromatic rings. The monoisotopic (exact) mass is 644 g/mol. The second kappa shape index (κ2) is 11.1. The molecule has 0 radical (unpaired) electrons. The van der Waals surface area contributed by atoms with Gasteiger partial charge in [0.25, 0.3) is 0 Å². The van der Waals surface area contributed by atoms with Gasteiger partial charge in [0, 0.05) is 23.7 Å². The van der Waals surface area contributed by atoms with Gasteiger partial charge in [-0.3, -0.25) is 14.4 Å². The van der Waals surface area contributed by atoms with Crippen LogP contribution in [-0.2, 0) is 22.4 Å². The Kier molecular flexibility index (Phi) is 6.97. The van der Waals surface area contributed by atoms with Crippen LogP contribution in [0.5, 0.6) is 23.3 Å². The fourth-order valence-electron chi connectivity index (χ4n) is 11.6. The Balaban J connectivity index is 0.927. The van der Waals surface area contributed by atoms with Gasteiger partial charge in [0.05, 0.1) is 0 Å². The number of carbonyl (C=O) groups is 3. The minimum absolute atomic E-state index is 0.127. The zero-order chi connectivity index (χ0) is 32.8. The van der Waals surface area contributed by atoms with Gasteiger partial charge in [0.1, 0.15) is 35.0 Å². The Morgan fingerprint density at radius 3 is 1.60 bits per heavy atom. The van der Waals surface area contributed by atoms with E-state index >= 15 is 0 Å². The van der Waals surface area contributed by atoms with Gasteiger partial charge < -0.3 is 9.47 Å². The molecule has 8 atom stereocenters. The molecule has 9 rings (SSSR count). The van der Waals surface area contributed by atoms with Gasteiger partial charge >= 0.3 is 0 Å². The van der Waals surface area contributed by atoms with Crippen LogP contribution in [-0.4, -0.2) is 27.8 Å². The molecule has 6 aliphatic rings. The van der Waals surface area contributed by atoms with Crippen LogP contribution in [0.15, 0.2) is 42.7 Å². The van der Waals surface area contributed by atoms with E-state index in [2.05, 4.69) is 48.1 Å². The molecule has 1 heterocycles. The summed E-state index contributed by atoms with van der Waals surface area (Å²) in [6, 6.07) is 12.5. The Labute approximate surface area is 282 Å². The molecule has 2 aromatic carbocycles. The van der Waals surface area contributed by atoms with Crippen molar-refractivity contribution in [3.63, 3.8) is 0 Å². The number of hydrogen-bond donors (Lipinski definition) is 0. The molecule has 0 spiro atoms. The number of aryl methyl sites for hydroxylation is 2. The molecule has 248 valence electrons. The highest BCUT2D eigenvalue weighted by molar-refractivity contribution is 5.88. The van der Waals surface area contributed by atoms with Crippen molar-refractivity contribution in [3.8, 4) is 23.3 Å². The third-order valence-electron chi connectivity index (χ3n) is 14.2. The number of ketones is 2. The van der Waals surface area contributed by atoms with E-state index in [4.69, 9.17) is 9.47 Å². The molecule has 4 fully saturated rings. The normalized spacial score (nSPS) is 34.6. The topological polar surface area (TPSA) is 95.5 Å². The van der Waals surface area contributed by atoms with E-state index in [-0.39, 0.29) is 28.2 Å². The smallest absolute Gasteiger partial charge is 0.236 e. The number of fused-ring (bicyclic) bond motifs is 10. The number of carbonyl (C=O) groups excluding carboxylic acids is 3. The first kappa shape index (κ1) is 30.2. The molecular weight excluding hydrogens is 600 g/mol. The first-order valence-corrected chi connectivity index (χ1v) is 18.2. The lowest BCUT2D eigenvalue weighted by Gasteiger charge is -2.48. The highest BCUT2D eigenvalue weighted by Gasteiger charge is 2.55. The fourth-order valence-corrected chi connectivity index (χ4v) is 11.6. The zero-order valence-corrected chi connectivity index (χ0v) is 28.0. The summed E-state index contributed by atoms with van der Waals surface area (Å²) >= 11 is 0. The molecular formula is C41H44N2O5. The minimum atomic E-state index is -0.127. The van der Waals surface area contributed by atoms with Crippen molar-refractivity contribution in [1.82, 2.24) is 9.97 Å². The van der Waals surface area contributed by atoms with E-state index in [9.17, 15) is 14.4 Å². The number of nitrogens with zero attached hydrogens (tertiary/aromatic N) is 2. The van der Waals surface area contributed by atoms with Crippen molar-refractivity contribution in [3.05, 3.63) is 70.5 Å². The molecule has 7 heteroatoms. The van der Waals surface area contributed by atoms with Crippen molar-refractivity contribution >= 4 is 17.9 Å².